The van der Waals surface area contributed by atoms with Crippen LogP contribution in [0, 0.1) is 17.3 Å². The van der Waals surface area contributed by atoms with Gasteiger partial charge in [-0.1, -0.05) is 20.8 Å². The summed E-state index contributed by atoms with van der Waals surface area (Å²) in [5.41, 5.74) is 0.327. The number of carbonyl (C=O) groups excluding carboxylic acids is 1. The highest BCUT2D eigenvalue weighted by Gasteiger charge is 2.37. The standard InChI is InChI=1S/C12H22N2O.ClH/c1-9(10-6-13-7-10)11(15)14-5-4-12(2,3)8-14;/h9-10,13H,4-8H2,1-3H3;1H. The molecule has 4 heteroatoms. The fourth-order valence-corrected chi connectivity index (χ4v) is 2.45. The summed E-state index contributed by atoms with van der Waals surface area (Å²) in [6, 6.07) is 0. The number of nitrogens with zero attached hydrogens (tertiary/aromatic N) is 1. The molecule has 2 aliphatic heterocycles. The summed E-state index contributed by atoms with van der Waals surface area (Å²) >= 11 is 0. The zero-order chi connectivity index (χ0) is 11.1. The first-order valence-electron chi connectivity index (χ1n) is 5.99. The molecule has 3 nitrogen and oxygen atoms in total. The normalized spacial score (nSPS) is 25.8. The lowest BCUT2D eigenvalue weighted by Crippen LogP contribution is -2.50. The van der Waals surface area contributed by atoms with Gasteiger partial charge >= 0.3 is 0 Å². The molecule has 0 radical (unpaired) electrons. The lowest BCUT2D eigenvalue weighted by Gasteiger charge is -2.34. The minimum atomic E-state index is 0. The first-order valence-corrected chi connectivity index (χ1v) is 5.99. The Morgan fingerprint density at radius 2 is 2.06 bits per heavy atom. The minimum absolute atomic E-state index is 0. The van der Waals surface area contributed by atoms with Crippen LogP contribution >= 0.6 is 12.4 Å². The van der Waals surface area contributed by atoms with Gasteiger partial charge in [0.15, 0.2) is 0 Å². The van der Waals surface area contributed by atoms with Crippen molar-refractivity contribution in [1.82, 2.24) is 10.2 Å². The van der Waals surface area contributed by atoms with Crippen LogP contribution in [0.25, 0.3) is 0 Å². The van der Waals surface area contributed by atoms with E-state index in [0.29, 0.717) is 17.2 Å². The van der Waals surface area contributed by atoms with Gasteiger partial charge in [0.2, 0.25) is 5.91 Å². The van der Waals surface area contributed by atoms with Crippen molar-refractivity contribution in [2.45, 2.75) is 27.2 Å². The third kappa shape index (κ3) is 2.69. The van der Waals surface area contributed by atoms with E-state index in [1.165, 1.54) is 0 Å². The Labute approximate surface area is 104 Å². The third-order valence-corrected chi connectivity index (χ3v) is 3.90. The van der Waals surface area contributed by atoms with Crippen LogP contribution in [0.4, 0.5) is 0 Å². The van der Waals surface area contributed by atoms with E-state index in [0.717, 1.165) is 32.6 Å². The van der Waals surface area contributed by atoms with E-state index in [1.807, 2.05) is 0 Å². The average Bonchev–Trinajstić information content (AvgIpc) is 2.41. The van der Waals surface area contributed by atoms with E-state index >= 15 is 0 Å². The highest BCUT2D eigenvalue weighted by molar-refractivity contribution is 5.85. The number of nitrogens with one attached hydrogen (secondary N) is 1. The Hall–Kier alpha value is -0.280. The Balaban J connectivity index is 0.00000128. The van der Waals surface area contributed by atoms with Gasteiger partial charge in [0.1, 0.15) is 0 Å². The molecule has 1 N–H and O–H groups in total. The van der Waals surface area contributed by atoms with Gasteiger partial charge in [0.25, 0.3) is 0 Å². The van der Waals surface area contributed by atoms with E-state index in [1.54, 1.807) is 0 Å². The average molecular weight is 247 g/mol. The van der Waals surface area contributed by atoms with Gasteiger partial charge in [-0.05, 0) is 30.8 Å². The summed E-state index contributed by atoms with van der Waals surface area (Å²) in [7, 11) is 0. The van der Waals surface area contributed by atoms with Crippen molar-refractivity contribution in [2.75, 3.05) is 26.2 Å². The van der Waals surface area contributed by atoms with E-state index in [9.17, 15) is 4.79 Å². The summed E-state index contributed by atoms with van der Waals surface area (Å²) in [6.45, 7) is 10.5. The molecule has 0 aromatic rings. The smallest absolute Gasteiger partial charge is 0.225 e. The van der Waals surface area contributed by atoms with Gasteiger partial charge in [-0.3, -0.25) is 4.79 Å². The van der Waals surface area contributed by atoms with Gasteiger partial charge < -0.3 is 10.2 Å². The molecule has 1 unspecified atom stereocenters. The summed E-state index contributed by atoms with van der Waals surface area (Å²) in [5.74, 6) is 1.15. The van der Waals surface area contributed by atoms with Gasteiger partial charge in [0, 0.05) is 19.0 Å². The predicted molar refractivity (Wildman–Crippen MR) is 67.7 cm³/mol. The van der Waals surface area contributed by atoms with Crippen molar-refractivity contribution in [3.05, 3.63) is 0 Å². The zero-order valence-electron chi connectivity index (χ0n) is 10.5. The van der Waals surface area contributed by atoms with Crippen molar-refractivity contribution < 1.29 is 4.79 Å². The predicted octanol–water partition coefficient (Wildman–Crippen LogP) is 1.52. The molecule has 0 aromatic carbocycles. The maximum absolute atomic E-state index is 12.2. The number of halogens is 1. The van der Waals surface area contributed by atoms with E-state index in [2.05, 4.69) is 31.0 Å². The first-order chi connectivity index (χ1) is 6.99. The molecule has 2 rings (SSSR count). The molecule has 0 spiro atoms. The Bertz CT molecular complexity index is 264. The largest absolute Gasteiger partial charge is 0.342 e. The molecule has 16 heavy (non-hydrogen) atoms. The Morgan fingerprint density at radius 1 is 1.44 bits per heavy atom. The van der Waals surface area contributed by atoms with Crippen LogP contribution < -0.4 is 5.32 Å². The van der Waals surface area contributed by atoms with E-state index < -0.39 is 0 Å². The highest BCUT2D eigenvalue weighted by Crippen LogP contribution is 2.30. The number of hydrogen-bond donors (Lipinski definition) is 1. The number of carbonyl (C=O) groups is 1. The third-order valence-electron chi connectivity index (χ3n) is 3.90. The molecule has 0 aliphatic carbocycles. The number of amides is 1. The van der Waals surface area contributed by atoms with Gasteiger partial charge in [-0.15, -0.1) is 12.4 Å². The molecular formula is C12H23ClN2O. The Kier molecular flexibility index (Phi) is 4.24. The van der Waals surface area contributed by atoms with Crippen LogP contribution in [0.3, 0.4) is 0 Å². The van der Waals surface area contributed by atoms with Gasteiger partial charge in [-0.25, -0.2) is 0 Å². The monoisotopic (exact) mass is 246 g/mol. The minimum Gasteiger partial charge on any atom is -0.342 e. The molecule has 2 heterocycles. The summed E-state index contributed by atoms with van der Waals surface area (Å²) in [5, 5.41) is 3.23. The quantitative estimate of drug-likeness (QED) is 0.802. The van der Waals surface area contributed by atoms with Crippen molar-refractivity contribution in [1.29, 1.82) is 0 Å². The molecule has 0 saturated carbocycles. The van der Waals surface area contributed by atoms with Crippen molar-refractivity contribution in [3.8, 4) is 0 Å². The molecule has 0 bridgehead atoms. The maximum atomic E-state index is 12.2. The van der Waals surface area contributed by atoms with Crippen LogP contribution in [0.5, 0.6) is 0 Å². The van der Waals surface area contributed by atoms with E-state index in [-0.39, 0.29) is 18.3 Å². The molecule has 1 amide bonds. The molecule has 2 saturated heterocycles. The van der Waals surface area contributed by atoms with Crippen LogP contribution in [-0.2, 0) is 4.79 Å². The molecular weight excluding hydrogens is 224 g/mol. The summed E-state index contributed by atoms with van der Waals surface area (Å²) in [6.07, 6.45) is 1.15. The second-order valence-electron chi connectivity index (χ2n) is 5.88. The first kappa shape index (κ1) is 13.8. The second kappa shape index (κ2) is 4.92. The highest BCUT2D eigenvalue weighted by atomic mass is 35.5. The van der Waals surface area contributed by atoms with Crippen LogP contribution in [0.1, 0.15) is 27.2 Å². The SMILES string of the molecule is CC(C(=O)N1CCC(C)(C)C1)C1CNC1.Cl. The lowest BCUT2D eigenvalue weighted by atomic mass is 9.88. The number of likely N-dealkylation sites (tertiary alicyclic amines) is 1. The maximum Gasteiger partial charge on any atom is 0.225 e. The molecule has 2 fully saturated rings. The molecule has 0 aromatic heterocycles. The second-order valence-corrected chi connectivity index (χ2v) is 5.88. The molecule has 2 aliphatic rings. The van der Waals surface area contributed by atoms with Crippen molar-refractivity contribution >= 4 is 18.3 Å². The number of rotatable bonds is 2. The topological polar surface area (TPSA) is 32.3 Å². The lowest BCUT2D eigenvalue weighted by molar-refractivity contribution is -0.136. The zero-order valence-corrected chi connectivity index (χ0v) is 11.3. The number of hydrogen-bond acceptors (Lipinski definition) is 2. The van der Waals surface area contributed by atoms with Crippen LogP contribution in [-0.4, -0.2) is 37.0 Å². The van der Waals surface area contributed by atoms with Crippen molar-refractivity contribution in [2.24, 2.45) is 17.3 Å². The van der Waals surface area contributed by atoms with E-state index in [4.69, 9.17) is 0 Å². The van der Waals surface area contributed by atoms with Crippen molar-refractivity contribution in [3.63, 3.8) is 0 Å². The summed E-state index contributed by atoms with van der Waals surface area (Å²) < 4.78 is 0. The summed E-state index contributed by atoms with van der Waals surface area (Å²) in [4.78, 5) is 14.2. The fourth-order valence-electron chi connectivity index (χ4n) is 2.45. The van der Waals surface area contributed by atoms with Gasteiger partial charge in [0.05, 0.1) is 0 Å². The van der Waals surface area contributed by atoms with Crippen LogP contribution in [0.2, 0.25) is 0 Å². The fraction of sp³-hybridized carbons (Fsp3) is 0.917. The molecule has 94 valence electrons. The van der Waals surface area contributed by atoms with Gasteiger partial charge in [-0.2, -0.15) is 0 Å². The van der Waals surface area contributed by atoms with Crippen LogP contribution in [0.15, 0.2) is 0 Å². The molecule has 1 atom stereocenters. The Morgan fingerprint density at radius 3 is 2.44 bits per heavy atom.